The number of carboxylic acids is 1. The van der Waals surface area contributed by atoms with E-state index >= 15 is 0 Å². The van der Waals surface area contributed by atoms with E-state index in [1.165, 1.54) is 24.3 Å². The number of carbonyl (C=O) groups is 2. The predicted molar refractivity (Wildman–Crippen MR) is 65.6 cm³/mol. The first-order valence-corrected chi connectivity index (χ1v) is 6.06. The van der Waals surface area contributed by atoms with Crippen LogP contribution in [-0.4, -0.2) is 23.6 Å². The van der Waals surface area contributed by atoms with Crippen LogP contribution in [0.3, 0.4) is 0 Å². The van der Waals surface area contributed by atoms with Gasteiger partial charge in [0.2, 0.25) is 5.91 Å². The summed E-state index contributed by atoms with van der Waals surface area (Å²) in [7, 11) is 0. The Kier molecular flexibility index (Phi) is 4.16. The van der Waals surface area contributed by atoms with E-state index in [1.54, 1.807) is 0 Å². The van der Waals surface area contributed by atoms with E-state index in [0.717, 1.165) is 0 Å². The SMILES string of the molecule is O=C(O)C1CCC1C(=O)Nc1ccc(OC(F)F)cc1. The molecule has 0 aromatic heterocycles. The molecule has 2 rings (SSSR count). The van der Waals surface area contributed by atoms with Crippen molar-refractivity contribution in [1.29, 1.82) is 0 Å². The summed E-state index contributed by atoms with van der Waals surface area (Å²) in [5.41, 5.74) is 0.410. The maximum Gasteiger partial charge on any atom is 0.387 e. The standard InChI is InChI=1S/C13H13F2NO4/c14-13(15)20-8-3-1-7(2-4-8)16-11(17)9-5-6-10(9)12(18)19/h1-4,9-10,13H,5-6H2,(H,16,17)(H,18,19). The number of halogens is 2. The zero-order valence-electron chi connectivity index (χ0n) is 10.4. The summed E-state index contributed by atoms with van der Waals surface area (Å²) < 4.78 is 28.1. The van der Waals surface area contributed by atoms with Gasteiger partial charge in [-0.15, -0.1) is 0 Å². The number of carboxylic acid groups (broad SMARTS) is 1. The Morgan fingerprint density at radius 2 is 1.80 bits per heavy atom. The summed E-state index contributed by atoms with van der Waals surface area (Å²) in [6.07, 6.45) is 1.03. The molecule has 2 N–H and O–H groups in total. The van der Waals surface area contributed by atoms with Crippen molar-refractivity contribution in [2.75, 3.05) is 5.32 Å². The fourth-order valence-corrected chi connectivity index (χ4v) is 2.06. The first-order chi connectivity index (χ1) is 9.47. The second-order valence-corrected chi connectivity index (χ2v) is 4.52. The fourth-order valence-electron chi connectivity index (χ4n) is 2.06. The van der Waals surface area contributed by atoms with Gasteiger partial charge in [0.15, 0.2) is 0 Å². The first-order valence-electron chi connectivity index (χ1n) is 6.06. The van der Waals surface area contributed by atoms with E-state index in [9.17, 15) is 18.4 Å². The highest BCUT2D eigenvalue weighted by Gasteiger charge is 2.41. The van der Waals surface area contributed by atoms with E-state index < -0.39 is 24.4 Å². The van der Waals surface area contributed by atoms with Gasteiger partial charge in [0, 0.05) is 5.69 Å². The summed E-state index contributed by atoms with van der Waals surface area (Å²) in [4.78, 5) is 22.7. The van der Waals surface area contributed by atoms with Gasteiger partial charge in [0.25, 0.3) is 0 Å². The minimum absolute atomic E-state index is 0.00921. The Balaban J connectivity index is 1.93. The Morgan fingerprint density at radius 3 is 2.25 bits per heavy atom. The Morgan fingerprint density at radius 1 is 1.20 bits per heavy atom. The molecule has 1 aliphatic carbocycles. The molecule has 2 atom stereocenters. The number of hydrogen-bond donors (Lipinski definition) is 2. The lowest BCUT2D eigenvalue weighted by molar-refractivity contribution is -0.151. The third-order valence-electron chi connectivity index (χ3n) is 3.28. The molecule has 0 aliphatic heterocycles. The van der Waals surface area contributed by atoms with Crippen molar-refractivity contribution >= 4 is 17.6 Å². The second kappa shape index (κ2) is 5.85. The minimum atomic E-state index is -2.90. The molecule has 1 aliphatic rings. The average Bonchev–Trinajstić information content (AvgIpc) is 2.28. The molecule has 0 heterocycles. The number of hydrogen-bond acceptors (Lipinski definition) is 3. The van der Waals surface area contributed by atoms with Crippen LogP contribution in [0.1, 0.15) is 12.8 Å². The number of ether oxygens (including phenoxy) is 1. The molecule has 1 aromatic carbocycles. The molecule has 20 heavy (non-hydrogen) atoms. The van der Waals surface area contributed by atoms with E-state index in [-0.39, 0.29) is 11.7 Å². The lowest BCUT2D eigenvalue weighted by Gasteiger charge is -2.31. The Labute approximate surface area is 113 Å². The van der Waals surface area contributed by atoms with Crippen LogP contribution in [0.2, 0.25) is 0 Å². The second-order valence-electron chi connectivity index (χ2n) is 4.52. The summed E-state index contributed by atoms with van der Waals surface area (Å²) >= 11 is 0. The van der Waals surface area contributed by atoms with Crippen molar-refractivity contribution in [1.82, 2.24) is 0 Å². The van der Waals surface area contributed by atoms with E-state index in [0.29, 0.717) is 18.5 Å². The minimum Gasteiger partial charge on any atom is -0.481 e. The third kappa shape index (κ3) is 3.23. The molecule has 0 bridgehead atoms. The van der Waals surface area contributed by atoms with E-state index in [2.05, 4.69) is 10.1 Å². The van der Waals surface area contributed by atoms with Crippen LogP contribution in [-0.2, 0) is 9.59 Å². The average molecular weight is 285 g/mol. The highest BCUT2D eigenvalue weighted by molar-refractivity contribution is 5.96. The normalized spacial score (nSPS) is 21.1. The van der Waals surface area contributed by atoms with Crippen LogP contribution in [0.5, 0.6) is 5.75 Å². The molecule has 0 spiro atoms. The van der Waals surface area contributed by atoms with Gasteiger partial charge in [-0.2, -0.15) is 8.78 Å². The van der Waals surface area contributed by atoms with Crippen LogP contribution < -0.4 is 10.1 Å². The van der Waals surface area contributed by atoms with Gasteiger partial charge < -0.3 is 15.2 Å². The molecular weight excluding hydrogens is 272 g/mol. The molecular formula is C13H13F2NO4. The largest absolute Gasteiger partial charge is 0.481 e. The van der Waals surface area contributed by atoms with Crippen LogP contribution in [0.15, 0.2) is 24.3 Å². The Bertz CT molecular complexity index is 504. The molecule has 108 valence electrons. The van der Waals surface area contributed by atoms with Crippen molar-refractivity contribution in [3.8, 4) is 5.75 Å². The summed E-state index contributed by atoms with van der Waals surface area (Å²) in [5, 5.41) is 11.4. The zero-order valence-corrected chi connectivity index (χ0v) is 10.4. The lowest BCUT2D eigenvalue weighted by Crippen LogP contribution is -2.41. The quantitative estimate of drug-likeness (QED) is 0.870. The summed E-state index contributed by atoms with van der Waals surface area (Å²) in [6, 6.07) is 5.45. The monoisotopic (exact) mass is 285 g/mol. The smallest absolute Gasteiger partial charge is 0.387 e. The highest BCUT2D eigenvalue weighted by Crippen LogP contribution is 2.35. The van der Waals surface area contributed by atoms with Gasteiger partial charge in [-0.3, -0.25) is 9.59 Å². The van der Waals surface area contributed by atoms with Crippen molar-refractivity contribution in [2.24, 2.45) is 11.8 Å². The van der Waals surface area contributed by atoms with Crippen LogP contribution in [0.4, 0.5) is 14.5 Å². The summed E-state index contributed by atoms with van der Waals surface area (Å²) in [5.74, 6) is -2.53. The molecule has 0 radical (unpaired) electrons. The van der Waals surface area contributed by atoms with Gasteiger partial charge >= 0.3 is 12.6 Å². The van der Waals surface area contributed by atoms with Gasteiger partial charge in [0.05, 0.1) is 11.8 Å². The number of nitrogens with one attached hydrogen (secondary N) is 1. The lowest BCUT2D eigenvalue weighted by atomic mass is 9.73. The molecule has 7 heteroatoms. The van der Waals surface area contributed by atoms with Crippen LogP contribution >= 0.6 is 0 Å². The Hall–Kier alpha value is -2.18. The number of rotatable bonds is 5. The number of anilines is 1. The number of benzene rings is 1. The molecule has 1 fully saturated rings. The van der Waals surface area contributed by atoms with Crippen molar-refractivity contribution in [2.45, 2.75) is 19.5 Å². The van der Waals surface area contributed by atoms with Crippen molar-refractivity contribution in [3.05, 3.63) is 24.3 Å². The van der Waals surface area contributed by atoms with E-state index in [4.69, 9.17) is 5.11 Å². The van der Waals surface area contributed by atoms with Crippen molar-refractivity contribution < 1.29 is 28.2 Å². The topological polar surface area (TPSA) is 75.6 Å². The van der Waals surface area contributed by atoms with Gasteiger partial charge in [-0.05, 0) is 37.1 Å². The fraction of sp³-hybridized carbons (Fsp3) is 0.385. The van der Waals surface area contributed by atoms with Crippen LogP contribution in [0.25, 0.3) is 0 Å². The maximum atomic E-state index is 12.0. The third-order valence-corrected chi connectivity index (χ3v) is 3.28. The molecule has 0 saturated heterocycles. The molecule has 5 nitrogen and oxygen atoms in total. The highest BCUT2D eigenvalue weighted by atomic mass is 19.3. The molecule has 2 unspecified atom stereocenters. The summed E-state index contributed by atoms with van der Waals surface area (Å²) in [6.45, 7) is -2.90. The number of carbonyl (C=O) groups excluding carboxylic acids is 1. The van der Waals surface area contributed by atoms with Crippen LogP contribution in [0, 0.1) is 11.8 Å². The molecule has 1 saturated carbocycles. The van der Waals surface area contributed by atoms with Crippen molar-refractivity contribution in [3.63, 3.8) is 0 Å². The van der Waals surface area contributed by atoms with Gasteiger partial charge in [0.1, 0.15) is 5.75 Å². The number of aliphatic carboxylic acids is 1. The first kappa shape index (κ1) is 14.2. The maximum absolute atomic E-state index is 12.0. The molecule has 1 aromatic rings. The number of alkyl halides is 2. The van der Waals surface area contributed by atoms with Gasteiger partial charge in [-0.25, -0.2) is 0 Å². The zero-order chi connectivity index (χ0) is 14.7. The van der Waals surface area contributed by atoms with Gasteiger partial charge in [-0.1, -0.05) is 0 Å². The predicted octanol–water partition coefficient (Wildman–Crippen LogP) is 2.34. The molecule has 1 amide bonds. The number of amides is 1. The van der Waals surface area contributed by atoms with E-state index in [1.807, 2.05) is 0 Å².